The molecule has 0 unspecified atom stereocenters. The summed E-state index contributed by atoms with van der Waals surface area (Å²) in [4.78, 5) is 11.9. The minimum atomic E-state index is 0.380. The SMILES string of the molecule is CCCNc1cc(N2CCCC(C)(C)C2)nc(CCC)n1. The maximum atomic E-state index is 4.80. The molecule has 0 spiro atoms. The van der Waals surface area contributed by atoms with E-state index in [1.54, 1.807) is 0 Å². The van der Waals surface area contributed by atoms with Crippen LogP contribution in [0.3, 0.4) is 0 Å². The van der Waals surface area contributed by atoms with Crippen molar-refractivity contribution in [2.75, 3.05) is 29.9 Å². The Labute approximate surface area is 129 Å². The zero-order valence-electron chi connectivity index (χ0n) is 14.1. The van der Waals surface area contributed by atoms with Gasteiger partial charge in [-0.25, -0.2) is 9.97 Å². The normalized spacial score (nSPS) is 17.8. The molecular formula is C17H30N4. The molecule has 0 radical (unpaired) electrons. The van der Waals surface area contributed by atoms with Crippen molar-refractivity contribution in [2.24, 2.45) is 5.41 Å². The number of nitrogens with zero attached hydrogens (tertiary/aromatic N) is 3. The minimum Gasteiger partial charge on any atom is -0.370 e. The maximum Gasteiger partial charge on any atom is 0.134 e. The van der Waals surface area contributed by atoms with E-state index in [2.05, 4.69) is 49.0 Å². The minimum absolute atomic E-state index is 0.380. The first-order valence-corrected chi connectivity index (χ1v) is 8.41. The summed E-state index contributed by atoms with van der Waals surface area (Å²) < 4.78 is 0. The van der Waals surface area contributed by atoms with Crippen LogP contribution in [0.25, 0.3) is 0 Å². The topological polar surface area (TPSA) is 41.0 Å². The van der Waals surface area contributed by atoms with E-state index in [1.165, 1.54) is 12.8 Å². The number of nitrogens with one attached hydrogen (secondary N) is 1. The fourth-order valence-corrected chi connectivity index (χ4v) is 2.94. The second-order valence-corrected chi connectivity index (χ2v) is 6.89. The summed E-state index contributed by atoms with van der Waals surface area (Å²) in [6.07, 6.45) is 5.70. The highest BCUT2D eigenvalue weighted by atomic mass is 15.2. The van der Waals surface area contributed by atoms with Crippen molar-refractivity contribution in [1.29, 1.82) is 0 Å². The van der Waals surface area contributed by atoms with Gasteiger partial charge in [-0.05, 0) is 31.1 Å². The Morgan fingerprint density at radius 1 is 1.24 bits per heavy atom. The Kier molecular flexibility index (Phi) is 5.43. The molecule has 2 rings (SSSR count). The molecule has 1 fully saturated rings. The molecule has 0 aromatic carbocycles. The van der Waals surface area contributed by atoms with Crippen LogP contribution in [-0.2, 0) is 6.42 Å². The third-order valence-corrected chi connectivity index (χ3v) is 4.01. The number of hydrogen-bond acceptors (Lipinski definition) is 4. The van der Waals surface area contributed by atoms with Gasteiger partial charge in [0.25, 0.3) is 0 Å². The lowest BCUT2D eigenvalue weighted by Crippen LogP contribution is -2.40. The molecule has 0 amide bonds. The Morgan fingerprint density at radius 2 is 2.05 bits per heavy atom. The van der Waals surface area contributed by atoms with E-state index in [4.69, 9.17) is 4.98 Å². The maximum absolute atomic E-state index is 4.80. The quantitative estimate of drug-likeness (QED) is 0.863. The fraction of sp³-hybridized carbons (Fsp3) is 0.765. The van der Waals surface area contributed by atoms with Crippen LogP contribution in [0.1, 0.15) is 59.2 Å². The van der Waals surface area contributed by atoms with Crippen LogP contribution in [0, 0.1) is 5.41 Å². The van der Waals surface area contributed by atoms with Gasteiger partial charge in [-0.2, -0.15) is 0 Å². The van der Waals surface area contributed by atoms with Gasteiger partial charge in [0.1, 0.15) is 17.5 Å². The van der Waals surface area contributed by atoms with Gasteiger partial charge in [-0.15, -0.1) is 0 Å². The molecule has 1 saturated heterocycles. The van der Waals surface area contributed by atoms with Gasteiger partial charge in [-0.1, -0.05) is 27.7 Å². The van der Waals surface area contributed by atoms with E-state index in [-0.39, 0.29) is 0 Å². The molecule has 0 saturated carbocycles. The summed E-state index contributed by atoms with van der Waals surface area (Å²) in [6, 6.07) is 2.12. The molecular weight excluding hydrogens is 260 g/mol. The van der Waals surface area contributed by atoms with E-state index < -0.39 is 0 Å². The highest BCUT2D eigenvalue weighted by Crippen LogP contribution is 2.31. The van der Waals surface area contributed by atoms with Crippen molar-refractivity contribution < 1.29 is 0 Å². The van der Waals surface area contributed by atoms with Crippen LogP contribution in [-0.4, -0.2) is 29.6 Å². The lowest BCUT2D eigenvalue weighted by molar-refractivity contribution is 0.292. The Balaban J connectivity index is 2.21. The Hall–Kier alpha value is -1.32. The molecule has 2 heterocycles. The first kappa shape index (κ1) is 16.1. The summed E-state index contributed by atoms with van der Waals surface area (Å²) in [6.45, 7) is 12.2. The van der Waals surface area contributed by atoms with E-state index in [0.29, 0.717) is 5.41 Å². The largest absolute Gasteiger partial charge is 0.370 e. The first-order chi connectivity index (χ1) is 10.0. The second-order valence-electron chi connectivity index (χ2n) is 6.89. The molecule has 4 nitrogen and oxygen atoms in total. The second kappa shape index (κ2) is 7.10. The number of anilines is 2. The van der Waals surface area contributed by atoms with Gasteiger partial charge in [-0.3, -0.25) is 0 Å². The average molecular weight is 290 g/mol. The number of aromatic nitrogens is 2. The van der Waals surface area contributed by atoms with Crippen molar-refractivity contribution >= 4 is 11.6 Å². The average Bonchev–Trinajstić information content (AvgIpc) is 2.44. The van der Waals surface area contributed by atoms with Crippen molar-refractivity contribution in [3.63, 3.8) is 0 Å². The van der Waals surface area contributed by atoms with E-state index in [9.17, 15) is 0 Å². The van der Waals surface area contributed by atoms with Crippen LogP contribution in [0.2, 0.25) is 0 Å². The van der Waals surface area contributed by atoms with Crippen LogP contribution >= 0.6 is 0 Å². The van der Waals surface area contributed by atoms with Crippen molar-refractivity contribution in [3.8, 4) is 0 Å². The number of hydrogen-bond donors (Lipinski definition) is 1. The molecule has 0 aliphatic carbocycles. The standard InChI is InChI=1S/C17H30N4/c1-5-8-14-19-15(18-10-6-2)12-16(20-14)21-11-7-9-17(3,4)13-21/h12H,5-11,13H2,1-4H3,(H,18,19,20). The summed E-state index contributed by atoms with van der Waals surface area (Å²) >= 11 is 0. The zero-order valence-corrected chi connectivity index (χ0v) is 14.1. The smallest absolute Gasteiger partial charge is 0.134 e. The third kappa shape index (κ3) is 4.58. The zero-order chi connectivity index (χ0) is 15.3. The molecule has 0 bridgehead atoms. The van der Waals surface area contributed by atoms with Gasteiger partial charge >= 0.3 is 0 Å². The lowest BCUT2D eigenvalue weighted by atomic mass is 9.84. The molecule has 1 N–H and O–H groups in total. The predicted octanol–water partition coefficient (Wildman–Crippen LogP) is 3.88. The lowest BCUT2D eigenvalue weighted by Gasteiger charge is -2.38. The van der Waals surface area contributed by atoms with Gasteiger partial charge in [0, 0.05) is 32.1 Å². The molecule has 21 heavy (non-hydrogen) atoms. The fourth-order valence-electron chi connectivity index (χ4n) is 2.94. The highest BCUT2D eigenvalue weighted by Gasteiger charge is 2.27. The third-order valence-electron chi connectivity index (χ3n) is 4.01. The molecule has 4 heteroatoms. The van der Waals surface area contributed by atoms with Crippen molar-refractivity contribution in [3.05, 3.63) is 11.9 Å². The molecule has 1 aromatic rings. The summed E-state index contributed by atoms with van der Waals surface area (Å²) in [5.41, 5.74) is 0.380. The highest BCUT2D eigenvalue weighted by molar-refractivity contribution is 5.50. The van der Waals surface area contributed by atoms with Crippen molar-refractivity contribution in [1.82, 2.24) is 9.97 Å². The van der Waals surface area contributed by atoms with Crippen LogP contribution in [0.15, 0.2) is 6.07 Å². The van der Waals surface area contributed by atoms with Gasteiger partial charge in [0.2, 0.25) is 0 Å². The van der Waals surface area contributed by atoms with Crippen LogP contribution < -0.4 is 10.2 Å². The summed E-state index contributed by atoms with van der Waals surface area (Å²) in [5.74, 6) is 3.05. The van der Waals surface area contributed by atoms with E-state index >= 15 is 0 Å². The Bertz CT molecular complexity index is 456. The number of aryl methyl sites for hydroxylation is 1. The number of rotatable bonds is 6. The molecule has 118 valence electrons. The summed E-state index contributed by atoms with van der Waals surface area (Å²) in [5, 5.41) is 3.42. The first-order valence-electron chi connectivity index (χ1n) is 8.41. The predicted molar refractivity (Wildman–Crippen MR) is 90.0 cm³/mol. The molecule has 1 aromatic heterocycles. The van der Waals surface area contributed by atoms with E-state index in [1.807, 2.05) is 0 Å². The van der Waals surface area contributed by atoms with E-state index in [0.717, 1.165) is 56.4 Å². The van der Waals surface area contributed by atoms with Gasteiger partial charge in [0.05, 0.1) is 0 Å². The summed E-state index contributed by atoms with van der Waals surface area (Å²) in [7, 11) is 0. The molecule has 1 aliphatic rings. The number of piperidine rings is 1. The van der Waals surface area contributed by atoms with Gasteiger partial charge in [0.15, 0.2) is 0 Å². The molecule has 1 aliphatic heterocycles. The van der Waals surface area contributed by atoms with Crippen molar-refractivity contribution in [2.45, 2.75) is 59.8 Å². The van der Waals surface area contributed by atoms with Crippen LogP contribution in [0.5, 0.6) is 0 Å². The monoisotopic (exact) mass is 290 g/mol. The van der Waals surface area contributed by atoms with Gasteiger partial charge < -0.3 is 10.2 Å². The Morgan fingerprint density at radius 3 is 2.71 bits per heavy atom. The molecule has 0 atom stereocenters. The van der Waals surface area contributed by atoms with Crippen LogP contribution in [0.4, 0.5) is 11.6 Å².